The topological polar surface area (TPSA) is 42.0 Å². The summed E-state index contributed by atoms with van der Waals surface area (Å²) in [6, 6.07) is 9.90. The van der Waals surface area contributed by atoms with Gasteiger partial charge < -0.3 is 5.32 Å². The summed E-state index contributed by atoms with van der Waals surface area (Å²) in [5.41, 5.74) is 2.12. The smallest absolute Gasteiger partial charge is 0.222 e. The zero-order valence-electron chi connectivity index (χ0n) is 9.45. The Morgan fingerprint density at radius 1 is 1.38 bits per heavy atom. The summed E-state index contributed by atoms with van der Waals surface area (Å²) in [6.07, 6.45) is 0.926. The molecule has 16 heavy (non-hydrogen) atoms. The molecule has 1 aromatic carbocycles. The van der Waals surface area contributed by atoms with Crippen molar-refractivity contribution in [1.29, 1.82) is 0 Å². The van der Waals surface area contributed by atoms with E-state index >= 15 is 0 Å². The normalized spacial score (nSPS) is 10.4. The van der Waals surface area contributed by atoms with Crippen LogP contribution < -0.4 is 5.32 Å². The van der Waals surface area contributed by atoms with Crippen molar-refractivity contribution in [3.05, 3.63) is 35.9 Å². The minimum atomic E-state index is -0.0927. The third-order valence-corrected chi connectivity index (χ3v) is 2.49. The monoisotopic (exact) mass is 214 g/mol. The van der Waals surface area contributed by atoms with Crippen molar-refractivity contribution in [3.8, 4) is 0 Å². The number of aromatic nitrogens is 1. The number of amides is 1. The predicted octanol–water partition coefficient (Wildman–Crippen LogP) is 2.76. The summed E-state index contributed by atoms with van der Waals surface area (Å²) in [5.74, 6) is 0.535. The Bertz CT molecular complexity index is 534. The molecule has 3 heteroatoms. The maximum absolute atomic E-state index is 11.0. The number of anilines is 1. The van der Waals surface area contributed by atoms with E-state index in [1.54, 1.807) is 0 Å². The second kappa shape index (κ2) is 4.31. The Balaban J connectivity index is 2.58. The first-order chi connectivity index (χ1) is 7.70. The number of rotatable bonds is 2. The third kappa shape index (κ3) is 2.03. The third-order valence-electron chi connectivity index (χ3n) is 2.49. The number of hydrogen-bond acceptors (Lipinski definition) is 2. The Morgan fingerprint density at radius 3 is 2.81 bits per heavy atom. The molecule has 0 bridgehead atoms. The summed E-state index contributed by atoms with van der Waals surface area (Å²) in [6.45, 7) is 3.59. The van der Waals surface area contributed by atoms with Crippen LogP contribution in [0.4, 0.5) is 5.82 Å². The van der Waals surface area contributed by atoms with Crippen molar-refractivity contribution in [2.45, 2.75) is 20.3 Å². The van der Waals surface area contributed by atoms with Gasteiger partial charge in [-0.05, 0) is 24.1 Å². The second-order valence-corrected chi connectivity index (χ2v) is 3.72. The van der Waals surface area contributed by atoms with Crippen molar-refractivity contribution in [3.63, 3.8) is 0 Å². The van der Waals surface area contributed by atoms with Gasteiger partial charge in [-0.15, -0.1) is 0 Å². The Labute approximate surface area is 94.5 Å². The van der Waals surface area contributed by atoms with Crippen LogP contribution in [0, 0.1) is 0 Å². The lowest BCUT2D eigenvalue weighted by molar-refractivity contribution is -0.114. The van der Waals surface area contributed by atoms with Crippen LogP contribution in [0.5, 0.6) is 0 Å². The Morgan fingerprint density at radius 2 is 2.12 bits per heavy atom. The molecular formula is C13H14N2O. The van der Waals surface area contributed by atoms with E-state index in [4.69, 9.17) is 0 Å². The molecule has 1 heterocycles. The van der Waals surface area contributed by atoms with E-state index in [1.807, 2.05) is 24.3 Å². The van der Waals surface area contributed by atoms with Crippen molar-refractivity contribution >= 4 is 22.6 Å². The molecule has 0 unspecified atom stereocenters. The second-order valence-electron chi connectivity index (χ2n) is 3.72. The number of carbonyl (C=O) groups is 1. The summed E-state index contributed by atoms with van der Waals surface area (Å²) < 4.78 is 0. The van der Waals surface area contributed by atoms with E-state index in [2.05, 4.69) is 23.3 Å². The molecule has 0 aliphatic rings. The number of pyridine rings is 1. The SMILES string of the molecule is CCc1cc(NC(C)=O)nc2ccccc12. The lowest BCUT2D eigenvalue weighted by atomic mass is 10.1. The minimum absolute atomic E-state index is 0.0927. The lowest BCUT2D eigenvalue weighted by Crippen LogP contribution is -2.08. The average Bonchev–Trinajstić information content (AvgIpc) is 2.27. The number of benzene rings is 1. The highest BCUT2D eigenvalue weighted by Gasteiger charge is 2.04. The van der Waals surface area contributed by atoms with Crippen LogP contribution >= 0.6 is 0 Å². The predicted molar refractivity (Wildman–Crippen MR) is 65.4 cm³/mol. The highest BCUT2D eigenvalue weighted by Crippen LogP contribution is 2.20. The molecule has 1 amide bonds. The van der Waals surface area contributed by atoms with Gasteiger partial charge in [-0.25, -0.2) is 4.98 Å². The van der Waals surface area contributed by atoms with Gasteiger partial charge in [0.2, 0.25) is 5.91 Å². The fourth-order valence-corrected chi connectivity index (χ4v) is 1.78. The van der Waals surface area contributed by atoms with Crippen molar-refractivity contribution < 1.29 is 4.79 Å². The van der Waals surface area contributed by atoms with Crippen LogP contribution in [-0.2, 0) is 11.2 Å². The van der Waals surface area contributed by atoms with Gasteiger partial charge in [0.15, 0.2) is 0 Å². The number of carbonyl (C=O) groups excluding carboxylic acids is 1. The molecule has 0 saturated carbocycles. The van der Waals surface area contributed by atoms with Crippen molar-refractivity contribution in [1.82, 2.24) is 4.98 Å². The molecule has 0 aliphatic heterocycles. The zero-order chi connectivity index (χ0) is 11.5. The van der Waals surface area contributed by atoms with Crippen LogP contribution in [0.15, 0.2) is 30.3 Å². The Kier molecular flexibility index (Phi) is 2.86. The van der Waals surface area contributed by atoms with Crippen LogP contribution in [-0.4, -0.2) is 10.9 Å². The standard InChI is InChI=1S/C13H14N2O/c1-3-10-8-13(14-9(2)16)15-12-7-5-4-6-11(10)12/h4-8H,3H2,1-2H3,(H,14,15,16). The van der Waals surface area contributed by atoms with Crippen LogP contribution in [0.25, 0.3) is 10.9 Å². The van der Waals surface area contributed by atoms with Gasteiger partial charge in [0.05, 0.1) is 5.52 Å². The maximum atomic E-state index is 11.0. The van der Waals surface area contributed by atoms with E-state index in [0.717, 1.165) is 17.3 Å². The molecule has 0 radical (unpaired) electrons. The van der Waals surface area contributed by atoms with E-state index in [1.165, 1.54) is 12.5 Å². The molecule has 0 fully saturated rings. The van der Waals surface area contributed by atoms with Gasteiger partial charge in [0.25, 0.3) is 0 Å². The molecule has 0 spiro atoms. The minimum Gasteiger partial charge on any atom is -0.311 e. The van der Waals surface area contributed by atoms with Gasteiger partial charge in [-0.3, -0.25) is 4.79 Å². The molecule has 2 rings (SSSR count). The largest absolute Gasteiger partial charge is 0.311 e. The first kappa shape index (κ1) is 10.6. The van der Waals surface area contributed by atoms with Gasteiger partial charge in [-0.2, -0.15) is 0 Å². The summed E-state index contributed by atoms with van der Waals surface area (Å²) in [7, 11) is 0. The van der Waals surface area contributed by atoms with Gasteiger partial charge in [0.1, 0.15) is 5.82 Å². The molecule has 82 valence electrons. The number of fused-ring (bicyclic) bond motifs is 1. The molecule has 3 nitrogen and oxygen atoms in total. The number of nitrogens with zero attached hydrogens (tertiary/aromatic N) is 1. The number of nitrogens with one attached hydrogen (secondary N) is 1. The summed E-state index contributed by atoms with van der Waals surface area (Å²) in [5, 5.41) is 3.87. The number of aryl methyl sites for hydroxylation is 1. The van der Waals surface area contributed by atoms with E-state index in [-0.39, 0.29) is 5.91 Å². The molecule has 1 aromatic heterocycles. The van der Waals surface area contributed by atoms with E-state index in [9.17, 15) is 4.79 Å². The van der Waals surface area contributed by atoms with E-state index in [0.29, 0.717) is 5.82 Å². The number of hydrogen-bond donors (Lipinski definition) is 1. The van der Waals surface area contributed by atoms with Crippen LogP contribution in [0.3, 0.4) is 0 Å². The van der Waals surface area contributed by atoms with Crippen LogP contribution in [0.2, 0.25) is 0 Å². The highest BCUT2D eigenvalue weighted by molar-refractivity contribution is 5.91. The van der Waals surface area contributed by atoms with Gasteiger partial charge >= 0.3 is 0 Å². The van der Waals surface area contributed by atoms with E-state index < -0.39 is 0 Å². The first-order valence-electron chi connectivity index (χ1n) is 5.37. The lowest BCUT2D eigenvalue weighted by Gasteiger charge is -2.07. The van der Waals surface area contributed by atoms with Crippen molar-refractivity contribution in [2.75, 3.05) is 5.32 Å². The van der Waals surface area contributed by atoms with Gasteiger partial charge in [-0.1, -0.05) is 25.1 Å². The molecule has 0 aliphatic carbocycles. The fourth-order valence-electron chi connectivity index (χ4n) is 1.78. The summed E-state index contributed by atoms with van der Waals surface area (Å²) >= 11 is 0. The molecule has 2 aromatic rings. The highest BCUT2D eigenvalue weighted by atomic mass is 16.1. The summed E-state index contributed by atoms with van der Waals surface area (Å²) in [4.78, 5) is 15.4. The Hall–Kier alpha value is -1.90. The molecular weight excluding hydrogens is 200 g/mol. The molecule has 1 N–H and O–H groups in total. The molecule has 0 saturated heterocycles. The fraction of sp³-hybridized carbons (Fsp3) is 0.231. The van der Waals surface area contributed by atoms with Crippen LogP contribution in [0.1, 0.15) is 19.4 Å². The average molecular weight is 214 g/mol. The number of para-hydroxylation sites is 1. The van der Waals surface area contributed by atoms with Gasteiger partial charge in [0, 0.05) is 12.3 Å². The molecule has 0 atom stereocenters. The quantitative estimate of drug-likeness (QED) is 0.835. The maximum Gasteiger partial charge on any atom is 0.222 e. The first-order valence-corrected chi connectivity index (χ1v) is 5.37. The van der Waals surface area contributed by atoms with Crippen molar-refractivity contribution in [2.24, 2.45) is 0 Å². The zero-order valence-corrected chi connectivity index (χ0v) is 9.45.